The Bertz CT molecular complexity index is 1380. The number of hydrogen-bond acceptors (Lipinski definition) is 7. The van der Waals surface area contributed by atoms with E-state index in [4.69, 9.17) is 9.47 Å². The number of carbonyl (C=O) groups is 1. The number of carbonyl (C=O) groups excluding carboxylic acids is 1. The molecule has 9 nitrogen and oxygen atoms in total. The fourth-order valence-corrected chi connectivity index (χ4v) is 4.36. The van der Waals surface area contributed by atoms with E-state index in [0.717, 1.165) is 22.4 Å². The molecule has 1 aliphatic rings. The number of nitrogens with zero attached hydrogens (tertiary/aromatic N) is 5. The summed E-state index contributed by atoms with van der Waals surface area (Å²) in [7, 11) is 1.61. The lowest BCUT2D eigenvalue weighted by Crippen LogP contribution is -2.25. The molecule has 0 spiro atoms. The average Bonchev–Trinajstić information content (AvgIpc) is 3.20. The Labute approximate surface area is 203 Å². The van der Waals surface area contributed by atoms with Crippen molar-refractivity contribution in [2.75, 3.05) is 12.4 Å². The third kappa shape index (κ3) is 4.32. The molecule has 0 saturated carbocycles. The van der Waals surface area contributed by atoms with Gasteiger partial charge in [-0.05, 0) is 38.5 Å². The van der Waals surface area contributed by atoms with Gasteiger partial charge in [-0.2, -0.15) is 14.9 Å². The molecule has 3 heterocycles. The van der Waals surface area contributed by atoms with Crippen LogP contribution in [0.3, 0.4) is 0 Å². The van der Waals surface area contributed by atoms with Crippen LogP contribution in [-0.2, 0) is 4.79 Å². The van der Waals surface area contributed by atoms with Crippen LogP contribution < -0.4 is 14.8 Å². The van der Waals surface area contributed by atoms with Gasteiger partial charge in [0.15, 0.2) is 11.5 Å². The van der Waals surface area contributed by atoms with Crippen molar-refractivity contribution in [3.8, 4) is 28.7 Å². The van der Waals surface area contributed by atoms with Crippen molar-refractivity contribution >= 4 is 11.7 Å². The second kappa shape index (κ2) is 9.17. The van der Waals surface area contributed by atoms with Crippen molar-refractivity contribution in [3.63, 3.8) is 0 Å². The Kier molecular flexibility index (Phi) is 5.90. The first kappa shape index (κ1) is 22.5. The molecule has 178 valence electrons. The summed E-state index contributed by atoms with van der Waals surface area (Å²) in [5.41, 5.74) is 4.22. The molecular weight excluding hydrogens is 444 g/mol. The molecule has 1 aliphatic heterocycles. The number of benzene rings is 2. The first-order valence-corrected chi connectivity index (χ1v) is 11.4. The highest BCUT2D eigenvalue weighted by molar-refractivity contribution is 5.95. The zero-order valence-corrected chi connectivity index (χ0v) is 20.0. The van der Waals surface area contributed by atoms with E-state index in [2.05, 4.69) is 25.6 Å². The molecule has 1 N–H and O–H groups in total. The first-order valence-electron chi connectivity index (χ1n) is 11.4. The molecule has 0 unspecified atom stereocenters. The predicted octanol–water partition coefficient (Wildman–Crippen LogP) is 4.30. The zero-order valence-electron chi connectivity index (χ0n) is 20.0. The SMILES string of the molecule is COc1cc([C@H]2CC(=O)Nc3c2c(C)nn3-c2nncc(-c3ccccc3)n2)ccc1OC(C)C. The van der Waals surface area contributed by atoms with Crippen molar-refractivity contribution in [1.29, 1.82) is 0 Å². The Hall–Kier alpha value is -4.27. The fourth-order valence-electron chi connectivity index (χ4n) is 4.36. The van der Waals surface area contributed by atoms with E-state index in [1.807, 2.05) is 69.3 Å². The first-order chi connectivity index (χ1) is 16.9. The monoisotopic (exact) mass is 470 g/mol. The largest absolute Gasteiger partial charge is 0.493 e. The molecule has 0 aliphatic carbocycles. The number of aryl methyl sites for hydroxylation is 1. The van der Waals surface area contributed by atoms with Crippen molar-refractivity contribution in [3.05, 3.63) is 71.5 Å². The van der Waals surface area contributed by atoms with Crippen LogP contribution in [-0.4, -0.2) is 44.1 Å². The van der Waals surface area contributed by atoms with E-state index in [-0.39, 0.29) is 30.3 Å². The van der Waals surface area contributed by atoms with Crippen LogP contribution in [0.4, 0.5) is 5.82 Å². The van der Waals surface area contributed by atoms with Gasteiger partial charge in [0.05, 0.1) is 30.8 Å². The summed E-state index contributed by atoms with van der Waals surface area (Å²) in [5, 5.41) is 16.0. The topological polar surface area (TPSA) is 104 Å². The second-order valence-electron chi connectivity index (χ2n) is 8.65. The lowest BCUT2D eigenvalue weighted by molar-refractivity contribution is -0.116. The molecule has 0 radical (unpaired) electrons. The number of ether oxygens (including phenoxy) is 2. The molecule has 2 aromatic carbocycles. The normalized spacial score (nSPS) is 15.0. The van der Waals surface area contributed by atoms with Crippen LogP contribution in [0, 0.1) is 6.92 Å². The molecule has 0 bridgehead atoms. The number of rotatable bonds is 6. The summed E-state index contributed by atoms with van der Waals surface area (Å²) in [5.74, 6) is 1.80. The highest BCUT2D eigenvalue weighted by atomic mass is 16.5. The summed E-state index contributed by atoms with van der Waals surface area (Å²) in [6.07, 6.45) is 1.91. The molecule has 0 saturated heterocycles. The summed E-state index contributed by atoms with van der Waals surface area (Å²) in [4.78, 5) is 17.5. The molecule has 5 rings (SSSR count). The van der Waals surface area contributed by atoms with Crippen molar-refractivity contribution < 1.29 is 14.3 Å². The zero-order chi connectivity index (χ0) is 24.5. The van der Waals surface area contributed by atoms with Crippen LogP contribution in [0.1, 0.15) is 43.0 Å². The number of nitrogens with one attached hydrogen (secondary N) is 1. The number of fused-ring (bicyclic) bond motifs is 1. The van der Waals surface area contributed by atoms with Gasteiger partial charge >= 0.3 is 0 Å². The van der Waals surface area contributed by atoms with Gasteiger partial charge in [-0.1, -0.05) is 36.4 Å². The molecular formula is C26H26N6O3. The van der Waals surface area contributed by atoms with Crippen LogP contribution >= 0.6 is 0 Å². The van der Waals surface area contributed by atoms with Gasteiger partial charge in [-0.15, -0.1) is 5.10 Å². The average molecular weight is 471 g/mol. The number of anilines is 1. The van der Waals surface area contributed by atoms with Gasteiger partial charge in [0.25, 0.3) is 5.95 Å². The minimum atomic E-state index is -0.209. The van der Waals surface area contributed by atoms with Gasteiger partial charge in [0.1, 0.15) is 5.82 Å². The van der Waals surface area contributed by atoms with Gasteiger partial charge < -0.3 is 14.8 Å². The maximum absolute atomic E-state index is 12.8. The minimum absolute atomic E-state index is 0.0162. The standard InChI is InChI=1S/C26H26N6O3/c1-15(2)35-21-11-10-18(12-22(21)34-4)19-13-23(33)29-25-24(19)16(3)31-32(25)26-28-20(14-27-30-26)17-8-6-5-7-9-17/h5-12,14-15,19H,13H2,1-4H3,(H,29,33)/t19-/m1/s1. The lowest BCUT2D eigenvalue weighted by Gasteiger charge is -2.25. The molecule has 1 amide bonds. The van der Waals surface area contributed by atoms with Crippen LogP contribution in [0.5, 0.6) is 11.5 Å². The Balaban J connectivity index is 1.58. The van der Waals surface area contributed by atoms with E-state index >= 15 is 0 Å². The van der Waals surface area contributed by atoms with E-state index in [1.54, 1.807) is 18.0 Å². The van der Waals surface area contributed by atoms with E-state index in [1.165, 1.54) is 0 Å². The van der Waals surface area contributed by atoms with E-state index < -0.39 is 0 Å². The Morgan fingerprint density at radius 1 is 1.11 bits per heavy atom. The van der Waals surface area contributed by atoms with Crippen molar-refractivity contribution in [2.45, 2.75) is 39.2 Å². The fraction of sp³-hybridized carbons (Fsp3) is 0.269. The van der Waals surface area contributed by atoms with Gasteiger partial charge in [-0.3, -0.25) is 4.79 Å². The quantitative estimate of drug-likeness (QED) is 0.448. The number of amides is 1. The van der Waals surface area contributed by atoms with Crippen LogP contribution in [0.15, 0.2) is 54.7 Å². The molecule has 4 aromatic rings. The predicted molar refractivity (Wildman–Crippen MR) is 131 cm³/mol. The Morgan fingerprint density at radius 2 is 1.91 bits per heavy atom. The minimum Gasteiger partial charge on any atom is -0.493 e. The Morgan fingerprint density at radius 3 is 2.66 bits per heavy atom. The second-order valence-corrected chi connectivity index (χ2v) is 8.65. The number of aromatic nitrogens is 5. The van der Waals surface area contributed by atoms with Crippen molar-refractivity contribution in [1.82, 2.24) is 25.0 Å². The maximum Gasteiger partial charge on any atom is 0.272 e. The third-order valence-electron chi connectivity index (χ3n) is 5.86. The third-order valence-corrected chi connectivity index (χ3v) is 5.86. The molecule has 1 atom stereocenters. The maximum atomic E-state index is 12.8. The van der Waals surface area contributed by atoms with Gasteiger partial charge in [0, 0.05) is 23.5 Å². The van der Waals surface area contributed by atoms with Crippen LogP contribution in [0.2, 0.25) is 0 Å². The summed E-state index contributed by atoms with van der Waals surface area (Å²) < 4.78 is 13.0. The van der Waals surface area contributed by atoms with Gasteiger partial charge in [-0.25, -0.2) is 4.98 Å². The van der Waals surface area contributed by atoms with Gasteiger partial charge in [0.2, 0.25) is 5.91 Å². The lowest BCUT2D eigenvalue weighted by atomic mass is 9.85. The molecule has 2 aromatic heterocycles. The summed E-state index contributed by atoms with van der Waals surface area (Å²) in [6.45, 7) is 5.85. The number of hydrogen-bond donors (Lipinski definition) is 1. The smallest absolute Gasteiger partial charge is 0.272 e. The summed E-state index contributed by atoms with van der Waals surface area (Å²) in [6, 6.07) is 15.5. The molecule has 35 heavy (non-hydrogen) atoms. The number of methoxy groups -OCH3 is 1. The van der Waals surface area contributed by atoms with E-state index in [0.29, 0.717) is 23.0 Å². The van der Waals surface area contributed by atoms with Crippen molar-refractivity contribution in [2.24, 2.45) is 0 Å². The highest BCUT2D eigenvalue weighted by Crippen LogP contribution is 2.42. The summed E-state index contributed by atoms with van der Waals surface area (Å²) >= 11 is 0. The van der Waals surface area contributed by atoms with E-state index in [9.17, 15) is 4.79 Å². The highest BCUT2D eigenvalue weighted by Gasteiger charge is 2.34. The van der Waals surface area contributed by atoms with Crippen LogP contribution in [0.25, 0.3) is 17.2 Å². The molecule has 9 heteroatoms. The molecule has 0 fully saturated rings.